The summed E-state index contributed by atoms with van der Waals surface area (Å²) in [7, 11) is 0. The minimum absolute atomic E-state index is 0.134. The predicted molar refractivity (Wildman–Crippen MR) is 154 cm³/mol. The van der Waals surface area contributed by atoms with Crippen LogP contribution < -0.4 is 14.9 Å². The van der Waals surface area contributed by atoms with E-state index in [1.165, 1.54) is 30.5 Å². The molecule has 41 heavy (non-hydrogen) atoms. The van der Waals surface area contributed by atoms with Gasteiger partial charge in [-0.1, -0.05) is 42.5 Å². The van der Waals surface area contributed by atoms with E-state index in [2.05, 4.69) is 15.5 Å². The molecule has 0 spiro atoms. The van der Waals surface area contributed by atoms with Crippen LogP contribution in [0.2, 0.25) is 0 Å². The zero-order valence-electron chi connectivity index (χ0n) is 21.9. The van der Waals surface area contributed by atoms with E-state index < -0.39 is 16.8 Å². The Bertz CT molecular complexity index is 1760. The lowest BCUT2D eigenvalue weighted by atomic mass is 10.0. The number of rotatable bonds is 9. The summed E-state index contributed by atoms with van der Waals surface area (Å²) in [6.07, 6.45) is 1.37. The average molecular weight is 549 g/mol. The van der Waals surface area contributed by atoms with Crippen LogP contribution in [-0.4, -0.2) is 34.6 Å². The van der Waals surface area contributed by atoms with E-state index in [1.807, 2.05) is 55.5 Å². The maximum atomic E-state index is 13.3. The van der Waals surface area contributed by atoms with Gasteiger partial charge in [0, 0.05) is 34.2 Å². The Hall–Kier alpha value is -5.77. The van der Waals surface area contributed by atoms with Crippen LogP contribution in [0.1, 0.15) is 33.3 Å². The molecular formula is C31H24N4O6. The van der Waals surface area contributed by atoms with Gasteiger partial charge in [-0.05, 0) is 55.0 Å². The number of benzene rings is 4. The molecule has 1 aromatic heterocycles. The van der Waals surface area contributed by atoms with Crippen molar-refractivity contribution in [3.8, 4) is 22.6 Å². The smallest absolute Gasteiger partial charge is 0.343 e. The van der Waals surface area contributed by atoms with E-state index in [1.54, 1.807) is 24.3 Å². The summed E-state index contributed by atoms with van der Waals surface area (Å²) in [4.78, 5) is 39.4. The highest BCUT2D eigenvalue weighted by molar-refractivity contribution is 6.10. The van der Waals surface area contributed by atoms with E-state index in [4.69, 9.17) is 9.47 Å². The molecule has 0 radical (unpaired) electrons. The molecule has 0 aliphatic rings. The monoisotopic (exact) mass is 548 g/mol. The second-order valence-electron chi connectivity index (χ2n) is 8.81. The van der Waals surface area contributed by atoms with Crippen molar-refractivity contribution in [3.05, 3.63) is 124 Å². The number of para-hydroxylation sites is 1. The van der Waals surface area contributed by atoms with E-state index in [-0.39, 0.29) is 17.0 Å². The van der Waals surface area contributed by atoms with Crippen molar-refractivity contribution in [1.29, 1.82) is 0 Å². The van der Waals surface area contributed by atoms with Crippen molar-refractivity contribution in [1.82, 2.24) is 10.4 Å². The normalized spacial score (nSPS) is 11.0. The van der Waals surface area contributed by atoms with Gasteiger partial charge < -0.3 is 14.5 Å². The molecular weight excluding hydrogens is 524 g/mol. The summed E-state index contributed by atoms with van der Waals surface area (Å²) in [6, 6.07) is 26.9. The Morgan fingerprint density at radius 3 is 2.44 bits per heavy atom. The Labute approximate surface area is 234 Å². The molecule has 1 amide bonds. The number of hydrazone groups is 1. The van der Waals surface area contributed by atoms with E-state index in [9.17, 15) is 19.7 Å². The van der Waals surface area contributed by atoms with Crippen LogP contribution in [0.15, 0.2) is 102 Å². The van der Waals surface area contributed by atoms with Crippen LogP contribution in [0.5, 0.6) is 11.5 Å². The van der Waals surface area contributed by atoms with Crippen LogP contribution in [-0.2, 0) is 0 Å². The van der Waals surface area contributed by atoms with Gasteiger partial charge in [0.05, 0.1) is 23.3 Å². The molecule has 0 unspecified atom stereocenters. The molecule has 1 heterocycles. The molecule has 2 N–H and O–H groups in total. The maximum Gasteiger partial charge on any atom is 0.343 e. The molecule has 10 heteroatoms. The first kappa shape index (κ1) is 26.8. The van der Waals surface area contributed by atoms with Gasteiger partial charge in [0.15, 0.2) is 0 Å². The molecule has 0 fully saturated rings. The zero-order valence-corrected chi connectivity index (χ0v) is 21.9. The molecule has 0 atom stereocenters. The Kier molecular flexibility index (Phi) is 7.82. The molecule has 0 saturated heterocycles. The molecule has 5 rings (SSSR count). The lowest BCUT2D eigenvalue weighted by Crippen LogP contribution is -2.19. The molecule has 5 aromatic rings. The number of non-ortho nitro benzene ring substituents is 1. The van der Waals surface area contributed by atoms with Crippen molar-refractivity contribution in [2.45, 2.75) is 6.92 Å². The topological polar surface area (TPSA) is 136 Å². The quantitative estimate of drug-likeness (QED) is 0.0748. The van der Waals surface area contributed by atoms with E-state index in [0.29, 0.717) is 29.2 Å². The lowest BCUT2D eigenvalue weighted by molar-refractivity contribution is -0.384. The predicted octanol–water partition coefficient (Wildman–Crippen LogP) is 6.12. The van der Waals surface area contributed by atoms with Crippen molar-refractivity contribution in [2.75, 3.05) is 6.61 Å². The third-order valence-electron chi connectivity index (χ3n) is 6.18. The number of carbonyl (C=O) groups excluding carboxylic acids is 2. The third kappa shape index (κ3) is 5.96. The van der Waals surface area contributed by atoms with Gasteiger partial charge in [-0.15, -0.1) is 0 Å². The summed E-state index contributed by atoms with van der Waals surface area (Å²) in [5, 5.41) is 15.8. The number of nitro groups is 1. The van der Waals surface area contributed by atoms with E-state index >= 15 is 0 Å². The SMILES string of the molecule is CCOc1ccc2[nH]c(C(=O)NN=Cc3ccccc3OC(=O)c3ccc([N+](=O)[O-])cc3)c(-c3ccccc3)c2c1. The highest BCUT2D eigenvalue weighted by atomic mass is 16.6. The summed E-state index contributed by atoms with van der Waals surface area (Å²) < 4.78 is 11.2. The molecule has 10 nitrogen and oxygen atoms in total. The number of nitrogens with zero attached hydrogens (tertiary/aromatic N) is 2. The summed E-state index contributed by atoms with van der Waals surface area (Å²) in [6.45, 7) is 2.43. The molecule has 4 aromatic carbocycles. The van der Waals surface area contributed by atoms with Gasteiger partial charge in [-0.3, -0.25) is 14.9 Å². The molecule has 0 aliphatic heterocycles. The molecule has 0 bridgehead atoms. The van der Waals surface area contributed by atoms with E-state index in [0.717, 1.165) is 16.5 Å². The van der Waals surface area contributed by atoms with Gasteiger partial charge >= 0.3 is 5.97 Å². The number of esters is 1. The number of aromatic amines is 1. The molecule has 0 saturated carbocycles. The highest BCUT2D eigenvalue weighted by Gasteiger charge is 2.20. The molecule has 204 valence electrons. The highest BCUT2D eigenvalue weighted by Crippen LogP contribution is 2.34. The maximum absolute atomic E-state index is 13.3. The van der Waals surface area contributed by atoms with Crippen LogP contribution in [0.3, 0.4) is 0 Å². The fraction of sp³-hybridized carbons (Fsp3) is 0.0645. The van der Waals surface area contributed by atoms with Gasteiger partial charge in [0.1, 0.15) is 17.2 Å². The first-order valence-corrected chi connectivity index (χ1v) is 12.7. The third-order valence-corrected chi connectivity index (χ3v) is 6.18. The minimum Gasteiger partial charge on any atom is -0.494 e. The number of carbonyl (C=O) groups is 2. The number of amides is 1. The summed E-state index contributed by atoms with van der Waals surface area (Å²) in [5.74, 6) is -0.259. The van der Waals surface area contributed by atoms with Crippen molar-refractivity contribution in [3.63, 3.8) is 0 Å². The van der Waals surface area contributed by atoms with Crippen molar-refractivity contribution in [2.24, 2.45) is 5.10 Å². The Balaban J connectivity index is 1.37. The summed E-state index contributed by atoms with van der Waals surface area (Å²) >= 11 is 0. The number of H-pyrrole nitrogens is 1. The Morgan fingerprint density at radius 1 is 0.976 bits per heavy atom. The first-order chi connectivity index (χ1) is 19.9. The Morgan fingerprint density at radius 2 is 1.71 bits per heavy atom. The van der Waals surface area contributed by atoms with Gasteiger partial charge in [0.2, 0.25) is 0 Å². The fourth-order valence-electron chi connectivity index (χ4n) is 4.28. The largest absolute Gasteiger partial charge is 0.494 e. The van der Waals surface area contributed by atoms with Crippen LogP contribution in [0.4, 0.5) is 5.69 Å². The van der Waals surface area contributed by atoms with Crippen molar-refractivity contribution < 1.29 is 24.0 Å². The van der Waals surface area contributed by atoms with Gasteiger partial charge in [-0.2, -0.15) is 5.10 Å². The fourth-order valence-corrected chi connectivity index (χ4v) is 4.28. The van der Waals surface area contributed by atoms with Crippen molar-refractivity contribution >= 4 is 34.7 Å². The number of nitro benzene ring substituents is 1. The van der Waals surface area contributed by atoms with Crippen LogP contribution >= 0.6 is 0 Å². The summed E-state index contributed by atoms with van der Waals surface area (Å²) in [5.41, 5.74) is 5.66. The lowest BCUT2D eigenvalue weighted by Gasteiger charge is -2.07. The van der Waals surface area contributed by atoms with Gasteiger partial charge in [-0.25, -0.2) is 10.2 Å². The standard InChI is InChI=1S/C31H24N4O6/c1-2-40-24-16-17-26-25(18-24)28(20-8-4-3-5-9-20)29(33-26)30(36)34-32-19-22-10-6-7-11-27(22)41-31(37)21-12-14-23(15-13-21)35(38)39/h3-19,33H,2H2,1H3,(H,34,36). The van der Waals surface area contributed by atoms with Crippen LogP contribution in [0, 0.1) is 10.1 Å². The average Bonchev–Trinajstić information content (AvgIpc) is 3.37. The van der Waals surface area contributed by atoms with Crippen LogP contribution in [0.25, 0.3) is 22.0 Å². The number of fused-ring (bicyclic) bond motifs is 1. The number of ether oxygens (including phenoxy) is 2. The second-order valence-corrected chi connectivity index (χ2v) is 8.81. The first-order valence-electron chi connectivity index (χ1n) is 12.7. The number of hydrogen-bond acceptors (Lipinski definition) is 7. The number of hydrogen-bond donors (Lipinski definition) is 2. The number of nitrogens with one attached hydrogen (secondary N) is 2. The minimum atomic E-state index is -0.693. The molecule has 0 aliphatic carbocycles. The number of aromatic nitrogens is 1. The van der Waals surface area contributed by atoms with Gasteiger partial charge in [0.25, 0.3) is 11.6 Å². The zero-order chi connectivity index (χ0) is 28.8. The second kappa shape index (κ2) is 12.0.